The average Bonchev–Trinajstić information content (AvgIpc) is 3.13. The molecule has 0 aliphatic carbocycles. The van der Waals surface area contributed by atoms with Gasteiger partial charge in [-0.15, -0.1) is 0 Å². The molecule has 0 bridgehead atoms. The number of hydrazine groups is 1. The summed E-state index contributed by atoms with van der Waals surface area (Å²) >= 11 is 0. The Balaban J connectivity index is 1.45. The number of hydrogen-bond donors (Lipinski definition) is 2. The minimum Gasteiger partial charge on any atom is -0.493 e. The molecule has 0 spiro atoms. The van der Waals surface area contributed by atoms with E-state index in [1.165, 1.54) is 18.2 Å². The fraction of sp³-hybridized carbons (Fsp3) is 0.115. The molecule has 1 saturated heterocycles. The molecule has 0 saturated carbocycles. The number of para-hydroxylation sites is 1. The summed E-state index contributed by atoms with van der Waals surface area (Å²) in [5, 5.41) is 3.97. The van der Waals surface area contributed by atoms with E-state index in [1.54, 1.807) is 42.5 Å². The summed E-state index contributed by atoms with van der Waals surface area (Å²) < 4.78 is 11.0. The molecular weight excluding hydrogens is 434 g/mol. The van der Waals surface area contributed by atoms with Crippen LogP contribution in [0, 0.1) is 6.92 Å². The first-order chi connectivity index (χ1) is 16.4. The van der Waals surface area contributed by atoms with Crippen LogP contribution in [0.1, 0.15) is 11.1 Å². The molecule has 3 aromatic carbocycles. The van der Waals surface area contributed by atoms with Crippen molar-refractivity contribution < 1.29 is 23.9 Å². The summed E-state index contributed by atoms with van der Waals surface area (Å²) in [5.74, 6) is -0.546. The Morgan fingerprint density at radius 3 is 2.44 bits per heavy atom. The van der Waals surface area contributed by atoms with Gasteiger partial charge >= 0.3 is 0 Å². The predicted octanol–water partition coefficient (Wildman–Crippen LogP) is 3.48. The molecule has 8 heteroatoms. The first-order valence-corrected chi connectivity index (χ1v) is 10.5. The first kappa shape index (κ1) is 22.6. The van der Waals surface area contributed by atoms with Gasteiger partial charge in [0.15, 0.2) is 18.1 Å². The van der Waals surface area contributed by atoms with Crippen molar-refractivity contribution in [3.05, 3.63) is 89.5 Å². The van der Waals surface area contributed by atoms with E-state index in [4.69, 9.17) is 9.47 Å². The molecule has 3 amide bonds. The first-order valence-electron chi connectivity index (χ1n) is 10.5. The highest BCUT2D eigenvalue weighted by Gasteiger charge is 2.34. The molecular formula is C26H23N3O5. The predicted molar refractivity (Wildman–Crippen MR) is 128 cm³/mol. The molecule has 1 fully saturated rings. The molecule has 0 aromatic heterocycles. The second kappa shape index (κ2) is 9.91. The van der Waals surface area contributed by atoms with Crippen LogP contribution in [0.3, 0.4) is 0 Å². The number of amides is 3. The van der Waals surface area contributed by atoms with E-state index < -0.39 is 11.8 Å². The summed E-state index contributed by atoms with van der Waals surface area (Å²) in [6.45, 7) is 1.76. The fourth-order valence-corrected chi connectivity index (χ4v) is 3.35. The highest BCUT2D eigenvalue weighted by Crippen LogP contribution is 2.30. The van der Waals surface area contributed by atoms with Crippen molar-refractivity contribution in [2.24, 2.45) is 0 Å². The Morgan fingerprint density at radius 2 is 1.74 bits per heavy atom. The topological polar surface area (TPSA) is 97.0 Å². The lowest BCUT2D eigenvalue weighted by molar-refractivity contribution is -0.118. The zero-order valence-electron chi connectivity index (χ0n) is 18.7. The van der Waals surface area contributed by atoms with Gasteiger partial charge < -0.3 is 14.8 Å². The lowest BCUT2D eigenvalue weighted by atomic mass is 10.1. The molecule has 1 aliphatic heterocycles. The number of rotatable bonds is 7. The van der Waals surface area contributed by atoms with Crippen LogP contribution >= 0.6 is 0 Å². The number of carbonyl (C=O) groups is 3. The number of anilines is 2. The van der Waals surface area contributed by atoms with Gasteiger partial charge in [0.05, 0.1) is 12.8 Å². The molecule has 0 atom stereocenters. The van der Waals surface area contributed by atoms with Crippen molar-refractivity contribution in [3.8, 4) is 11.5 Å². The van der Waals surface area contributed by atoms with Crippen molar-refractivity contribution >= 4 is 35.2 Å². The van der Waals surface area contributed by atoms with Gasteiger partial charge in [0.1, 0.15) is 5.57 Å². The van der Waals surface area contributed by atoms with Crippen LogP contribution < -0.4 is 25.2 Å². The smallest absolute Gasteiger partial charge is 0.282 e. The zero-order valence-corrected chi connectivity index (χ0v) is 18.7. The van der Waals surface area contributed by atoms with Crippen LogP contribution in [-0.2, 0) is 14.4 Å². The van der Waals surface area contributed by atoms with Gasteiger partial charge in [-0.2, -0.15) is 0 Å². The van der Waals surface area contributed by atoms with Crippen LogP contribution in [0.2, 0.25) is 0 Å². The number of benzene rings is 3. The lowest BCUT2D eigenvalue weighted by Crippen LogP contribution is -2.35. The SMILES string of the molecule is COc1cc(/C=C2\C(=O)NN(c3ccccc3)C2=O)ccc1OCC(=O)Nc1ccc(C)cc1. The molecule has 8 nitrogen and oxygen atoms in total. The highest BCUT2D eigenvalue weighted by atomic mass is 16.5. The van der Waals surface area contributed by atoms with Gasteiger partial charge in [-0.1, -0.05) is 42.0 Å². The average molecular weight is 457 g/mol. The largest absolute Gasteiger partial charge is 0.493 e. The van der Waals surface area contributed by atoms with Crippen molar-refractivity contribution in [1.29, 1.82) is 0 Å². The summed E-state index contributed by atoms with van der Waals surface area (Å²) in [5.41, 5.74) is 5.47. The summed E-state index contributed by atoms with van der Waals surface area (Å²) in [7, 11) is 1.47. The van der Waals surface area contributed by atoms with Crippen LogP contribution in [0.25, 0.3) is 6.08 Å². The summed E-state index contributed by atoms with van der Waals surface area (Å²) in [6.07, 6.45) is 1.48. The van der Waals surface area contributed by atoms with Crippen molar-refractivity contribution in [1.82, 2.24) is 5.43 Å². The van der Waals surface area contributed by atoms with E-state index in [1.807, 2.05) is 37.3 Å². The standard InChI is InChI=1S/C26H23N3O5/c1-17-8-11-19(12-9-17)27-24(30)16-34-22-13-10-18(15-23(22)33-2)14-21-25(31)28-29(26(21)32)20-6-4-3-5-7-20/h3-15H,16H2,1-2H3,(H,27,30)(H,28,31)/b21-14+. The Hall–Kier alpha value is -4.59. The second-order valence-corrected chi connectivity index (χ2v) is 7.59. The highest BCUT2D eigenvalue weighted by molar-refractivity contribution is 6.31. The Bertz CT molecular complexity index is 1250. The number of ether oxygens (including phenoxy) is 2. The van der Waals surface area contributed by atoms with Gasteiger partial charge in [-0.25, -0.2) is 5.01 Å². The molecule has 3 aromatic rings. The molecule has 0 radical (unpaired) electrons. The molecule has 1 aliphatic rings. The summed E-state index contributed by atoms with van der Waals surface area (Å²) in [4.78, 5) is 37.4. The third-order valence-electron chi connectivity index (χ3n) is 5.10. The Kier molecular flexibility index (Phi) is 6.59. The number of hydrogen-bond acceptors (Lipinski definition) is 5. The minimum absolute atomic E-state index is 0.00273. The second-order valence-electron chi connectivity index (χ2n) is 7.59. The third kappa shape index (κ3) is 5.07. The maximum absolute atomic E-state index is 12.8. The molecule has 4 rings (SSSR count). The van der Waals surface area contributed by atoms with Gasteiger partial charge in [-0.05, 0) is 55.0 Å². The zero-order chi connectivity index (χ0) is 24.1. The maximum atomic E-state index is 12.8. The van der Waals surface area contributed by atoms with Crippen molar-refractivity contribution in [2.75, 3.05) is 24.0 Å². The van der Waals surface area contributed by atoms with Gasteiger partial charge in [0.2, 0.25) is 0 Å². The number of aryl methyl sites for hydroxylation is 1. The number of carbonyl (C=O) groups excluding carboxylic acids is 3. The maximum Gasteiger partial charge on any atom is 0.282 e. The van der Waals surface area contributed by atoms with Gasteiger partial charge in [-0.3, -0.25) is 19.8 Å². The molecule has 1 heterocycles. The lowest BCUT2D eigenvalue weighted by Gasteiger charge is -2.14. The van der Waals surface area contributed by atoms with Crippen LogP contribution in [0.5, 0.6) is 11.5 Å². The fourth-order valence-electron chi connectivity index (χ4n) is 3.35. The minimum atomic E-state index is -0.499. The van der Waals surface area contributed by atoms with E-state index in [2.05, 4.69) is 10.7 Å². The van der Waals surface area contributed by atoms with Crippen molar-refractivity contribution in [3.63, 3.8) is 0 Å². The molecule has 0 unspecified atom stereocenters. The quantitative estimate of drug-likeness (QED) is 0.418. The number of methoxy groups -OCH3 is 1. The third-order valence-corrected chi connectivity index (χ3v) is 5.10. The van der Waals surface area contributed by atoms with Crippen molar-refractivity contribution in [2.45, 2.75) is 6.92 Å². The normalized spacial score (nSPS) is 14.2. The molecule has 2 N–H and O–H groups in total. The van der Waals surface area contributed by atoms with E-state index in [9.17, 15) is 14.4 Å². The van der Waals surface area contributed by atoms with Crippen LogP contribution in [0.4, 0.5) is 11.4 Å². The summed E-state index contributed by atoms with van der Waals surface area (Å²) in [6, 6.07) is 21.2. The monoisotopic (exact) mass is 457 g/mol. The van der Waals surface area contributed by atoms with Crippen LogP contribution in [0.15, 0.2) is 78.4 Å². The number of nitrogens with one attached hydrogen (secondary N) is 2. The Labute approximate surface area is 196 Å². The Morgan fingerprint density at radius 1 is 1.00 bits per heavy atom. The number of nitrogens with zero attached hydrogens (tertiary/aromatic N) is 1. The van der Waals surface area contributed by atoms with E-state index in [-0.39, 0.29) is 18.1 Å². The van der Waals surface area contributed by atoms with E-state index in [0.29, 0.717) is 28.4 Å². The van der Waals surface area contributed by atoms with E-state index in [0.717, 1.165) is 5.56 Å². The van der Waals surface area contributed by atoms with Crippen LogP contribution in [-0.4, -0.2) is 31.4 Å². The van der Waals surface area contributed by atoms with E-state index >= 15 is 0 Å². The molecule has 172 valence electrons. The van der Waals surface area contributed by atoms with Gasteiger partial charge in [0.25, 0.3) is 17.7 Å². The molecule has 34 heavy (non-hydrogen) atoms. The van der Waals surface area contributed by atoms with Gasteiger partial charge in [0, 0.05) is 5.69 Å².